The maximum Gasteiger partial charge on any atom is 0.227 e. The van der Waals surface area contributed by atoms with Crippen molar-refractivity contribution in [1.29, 1.82) is 0 Å². The summed E-state index contributed by atoms with van der Waals surface area (Å²) < 4.78 is 0. The van der Waals surface area contributed by atoms with Crippen LogP contribution in [0, 0.1) is 5.92 Å². The number of anilines is 2. The van der Waals surface area contributed by atoms with Crippen LogP contribution < -0.4 is 10.6 Å². The first-order valence-electron chi connectivity index (χ1n) is 7.25. The zero-order valence-corrected chi connectivity index (χ0v) is 12.5. The Morgan fingerprint density at radius 1 is 1.05 bits per heavy atom. The minimum Gasteiger partial charge on any atom is -0.326 e. The van der Waals surface area contributed by atoms with Crippen LogP contribution in [-0.2, 0) is 9.59 Å². The molecule has 0 aliphatic carbocycles. The molecule has 20 heavy (non-hydrogen) atoms. The Morgan fingerprint density at radius 2 is 1.60 bits per heavy atom. The molecular formula is C16H24N2O2. The summed E-state index contributed by atoms with van der Waals surface area (Å²) in [4.78, 5) is 23.1. The van der Waals surface area contributed by atoms with Crippen molar-refractivity contribution in [3.63, 3.8) is 0 Å². The van der Waals surface area contributed by atoms with Crippen molar-refractivity contribution in [3.8, 4) is 0 Å². The largest absolute Gasteiger partial charge is 0.326 e. The smallest absolute Gasteiger partial charge is 0.227 e. The van der Waals surface area contributed by atoms with Gasteiger partial charge in [0.25, 0.3) is 0 Å². The predicted molar refractivity (Wildman–Crippen MR) is 82.7 cm³/mol. The molecule has 0 bridgehead atoms. The van der Waals surface area contributed by atoms with Gasteiger partial charge in [-0.25, -0.2) is 0 Å². The molecule has 2 N–H and O–H groups in total. The highest BCUT2D eigenvalue weighted by Gasteiger charge is 2.15. The summed E-state index contributed by atoms with van der Waals surface area (Å²) in [6.07, 6.45) is 3.97. The molecule has 1 rings (SSSR count). The van der Waals surface area contributed by atoms with E-state index in [1.807, 2.05) is 6.92 Å². The molecular weight excluding hydrogens is 252 g/mol. The van der Waals surface area contributed by atoms with Crippen LogP contribution in [0.1, 0.15) is 46.5 Å². The van der Waals surface area contributed by atoms with Crippen LogP contribution in [0.25, 0.3) is 0 Å². The fraction of sp³-hybridized carbons (Fsp3) is 0.500. The number of unbranched alkanes of at least 4 members (excludes halogenated alkanes) is 1. The number of carbonyl (C=O) groups is 2. The van der Waals surface area contributed by atoms with Gasteiger partial charge in [-0.2, -0.15) is 0 Å². The van der Waals surface area contributed by atoms with E-state index in [0.29, 0.717) is 0 Å². The minimum absolute atomic E-state index is 0.0740. The van der Waals surface area contributed by atoms with Crippen molar-refractivity contribution in [1.82, 2.24) is 0 Å². The third-order valence-electron chi connectivity index (χ3n) is 3.24. The van der Waals surface area contributed by atoms with Gasteiger partial charge in [-0.1, -0.05) is 26.7 Å². The van der Waals surface area contributed by atoms with Crippen molar-refractivity contribution in [3.05, 3.63) is 24.3 Å². The lowest BCUT2D eigenvalue weighted by molar-refractivity contribution is -0.120. The quantitative estimate of drug-likeness (QED) is 0.795. The van der Waals surface area contributed by atoms with Crippen LogP contribution in [0.4, 0.5) is 11.4 Å². The average molecular weight is 276 g/mol. The topological polar surface area (TPSA) is 58.2 Å². The lowest BCUT2D eigenvalue weighted by Crippen LogP contribution is -2.22. The van der Waals surface area contributed by atoms with E-state index < -0.39 is 0 Å². The maximum absolute atomic E-state index is 12.1. The van der Waals surface area contributed by atoms with Gasteiger partial charge in [0.1, 0.15) is 0 Å². The van der Waals surface area contributed by atoms with Gasteiger partial charge < -0.3 is 10.6 Å². The molecule has 1 aromatic rings. The number of hydrogen-bond donors (Lipinski definition) is 2. The van der Waals surface area contributed by atoms with E-state index >= 15 is 0 Å². The summed E-state index contributed by atoms with van der Waals surface area (Å²) in [5.74, 6) is 0.0468. The van der Waals surface area contributed by atoms with E-state index in [4.69, 9.17) is 0 Å². The van der Waals surface area contributed by atoms with E-state index in [1.54, 1.807) is 24.3 Å². The highest BCUT2D eigenvalue weighted by molar-refractivity contribution is 5.93. The zero-order chi connectivity index (χ0) is 15.0. The third kappa shape index (κ3) is 5.43. The normalized spacial score (nSPS) is 11.8. The molecule has 1 atom stereocenters. The Hall–Kier alpha value is -1.84. The number of nitrogens with one attached hydrogen (secondary N) is 2. The van der Waals surface area contributed by atoms with E-state index in [-0.39, 0.29) is 17.7 Å². The van der Waals surface area contributed by atoms with Crippen LogP contribution in [0.5, 0.6) is 0 Å². The maximum atomic E-state index is 12.1. The molecule has 4 heteroatoms. The summed E-state index contributed by atoms with van der Waals surface area (Å²) >= 11 is 0. The first kappa shape index (κ1) is 16.2. The molecule has 4 nitrogen and oxygen atoms in total. The van der Waals surface area contributed by atoms with Crippen molar-refractivity contribution in [2.24, 2.45) is 5.92 Å². The van der Waals surface area contributed by atoms with Crippen LogP contribution >= 0.6 is 0 Å². The van der Waals surface area contributed by atoms with E-state index in [9.17, 15) is 9.59 Å². The van der Waals surface area contributed by atoms with Gasteiger partial charge in [-0.3, -0.25) is 9.59 Å². The predicted octanol–water partition coefficient (Wildman–Crippen LogP) is 3.80. The first-order valence-corrected chi connectivity index (χ1v) is 7.25. The molecule has 0 aromatic heterocycles. The van der Waals surface area contributed by atoms with Crippen molar-refractivity contribution in [2.75, 3.05) is 10.6 Å². The number of carbonyl (C=O) groups excluding carboxylic acids is 2. The number of amides is 2. The fourth-order valence-electron chi connectivity index (χ4n) is 2.06. The molecule has 0 aliphatic heterocycles. The molecule has 1 aromatic carbocycles. The number of hydrogen-bond acceptors (Lipinski definition) is 2. The lowest BCUT2D eigenvalue weighted by Gasteiger charge is -2.14. The minimum atomic E-state index is -0.104. The molecule has 0 radical (unpaired) electrons. The second-order valence-corrected chi connectivity index (χ2v) is 5.00. The van der Waals surface area contributed by atoms with Gasteiger partial charge in [0.05, 0.1) is 0 Å². The van der Waals surface area contributed by atoms with Crippen LogP contribution in [0.15, 0.2) is 24.3 Å². The summed E-state index contributed by atoms with van der Waals surface area (Å²) in [7, 11) is 0. The summed E-state index contributed by atoms with van der Waals surface area (Å²) in [5.41, 5.74) is 1.49. The first-order chi connectivity index (χ1) is 9.56. The van der Waals surface area contributed by atoms with E-state index in [2.05, 4.69) is 17.6 Å². The van der Waals surface area contributed by atoms with E-state index in [0.717, 1.165) is 37.1 Å². The molecule has 0 aliphatic rings. The monoisotopic (exact) mass is 276 g/mol. The zero-order valence-electron chi connectivity index (χ0n) is 12.5. The molecule has 0 spiro atoms. The third-order valence-corrected chi connectivity index (χ3v) is 3.24. The average Bonchev–Trinajstić information content (AvgIpc) is 2.41. The standard InChI is InChI=1S/C16H24N2O2/c1-4-6-7-13(5-2)16(20)18-15-10-8-14(9-11-15)17-12(3)19/h8-11,13H,4-7H2,1-3H3,(H,17,19)(H,18,20). The Morgan fingerprint density at radius 3 is 2.05 bits per heavy atom. The molecule has 0 saturated heterocycles. The highest BCUT2D eigenvalue weighted by Crippen LogP contribution is 2.18. The molecule has 0 heterocycles. The van der Waals surface area contributed by atoms with Crippen LogP contribution in [0.3, 0.4) is 0 Å². The van der Waals surface area contributed by atoms with Gasteiger partial charge in [0, 0.05) is 24.2 Å². The summed E-state index contributed by atoms with van der Waals surface area (Å²) in [6, 6.07) is 7.17. The van der Waals surface area contributed by atoms with Gasteiger partial charge in [-0.05, 0) is 37.1 Å². The SMILES string of the molecule is CCCCC(CC)C(=O)Nc1ccc(NC(C)=O)cc1. The molecule has 110 valence electrons. The molecule has 1 unspecified atom stereocenters. The number of benzene rings is 1. The second kappa shape index (κ2) is 8.35. The number of rotatable bonds is 7. The Bertz CT molecular complexity index is 440. The highest BCUT2D eigenvalue weighted by atomic mass is 16.2. The van der Waals surface area contributed by atoms with Gasteiger partial charge >= 0.3 is 0 Å². The molecule has 0 saturated carbocycles. The van der Waals surface area contributed by atoms with Gasteiger partial charge in [0.15, 0.2) is 0 Å². The van der Waals surface area contributed by atoms with E-state index in [1.165, 1.54) is 6.92 Å². The van der Waals surface area contributed by atoms with Crippen LogP contribution in [0.2, 0.25) is 0 Å². The fourth-order valence-corrected chi connectivity index (χ4v) is 2.06. The van der Waals surface area contributed by atoms with Crippen molar-refractivity contribution < 1.29 is 9.59 Å². The Labute approximate surface area is 121 Å². The second-order valence-electron chi connectivity index (χ2n) is 5.00. The Kier molecular flexibility index (Phi) is 6.77. The van der Waals surface area contributed by atoms with Crippen molar-refractivity contribution >= 4 is 23.2 Å². The van der Waals surface area contributed by atoms with Gasteiger partial charge in [-0.15, -0.1) is 0 Å². The van der Waals surface area contributed by atoms with Gasteiger partial charge in [0.2, 0.25) is 11.8 Å². The molecule has 0 fully saturated rings. The summed E-state index contributed by atoms with van der Waals surface area (Å²) in [5, 5.41) is 5.63. The Balaban J connectivity index is 2.58. The lowest BCUT2D eigenvalue weighted by atomic mass is 9.98. The molecule has 2 amide bonds. The van der Waals surface area contributed by atoms with Crippen LogP contribution in [-0.4, -0.2) is 11.8 Å². The summed E-state index contributed by atoms with van der Waals surface area (Å²) in [6.45, 7) is 5.64. The van der Waals surface area contributed by atoms with Crippen molar-refractivity contribution in [2.45, 2.75) is 46.5 Å².